The van der Waals surface area contributed by atoms with Crippen molar-refractivity contribution in [1.29, 1.82) is 0 Å². The predicted octanol–water partition coefficient (Wildman–Crippen LogP) is 4.62. The number of alkyl halides is 4. The van der Waals surface area contributed by atoms with Crippen LogP contribution in [-0.2, 0) is 6.54 Å². The smallest absolute Gasteiger partial charge is 0.406 e. The number of aromatic hydroxyl groups is 1. The number of hydrogen-bond donors (Lipinski definition) is 1. The molecule has 11 heteroatoms. The van der Waals surface area contributed by atoms with Crippen LogP contribution in [0.2, 0.25) is 0 Å². The number of fused-ring (bicyclic) bond motifs is 3. The quantitative estimate of drug-likeness (QED) is 0.512. The Kier molecular flexibility index (Phi) is 5.42. The Balaban J connectivity index is 1.31. The summed E-state index contributed by atoms with van der Waals surface area (Å²) in [5.41, 5.74) is -0.202. The molecule has 36 heavy (non-hydrogen) atoms. The van der Waals surface area contributed by atoms with Gasteiger partial charge in [-0.25, -0.2) is 9.37 Å². The Bertz CT molecular complexity index is 1360. The number of phenolic OH excluding ortho intramolecular Hbond substituents is 1. The number of aromatic nitrogens is 4. The number of nitrogens with zero attached hydrogens (tertiary/aromatic N) is 5. The van der Waals surface area contributed by atoms with E-state index in [-0.39, 0.29) is 40.2 Å². The highest BCUT2D eigenvalue weighted by molar-refractivity contribution is 5.86. The fourth-order valence-corrected chi connectivity index (χ4v) is 5.96. The maximum atomic E-state index is 15.3. The summed E-state index contributed by atoms with van der Waals surface area (Å²) in [6.45, 7) is -1.47. The largest absolute Gasteiger partial charge is 0.507 e. The van der Waals surface area contributed by atoms with E-state index in [1.807, 2.05) is 0 Å². The average molecular weight is 504 g/mol. The van der Waals surface area contributed by atoms with Crippen molar-refractivity contribution in [2.24, 2.45) is 11.8 Å². The summed E-state index contributed by atoms with van der Waals surface area (Å²) < 4.78 is 54.0. The minimum atomic E-state index is -4.58. The van der Waals surface area contributed by atoms with Crippen LogP contribution in [0.4, 0.5) is 23.4 Å². The first-order valence-corrected chi connectivity index (χ1v) is 12.2. The van der Waals surface area contributed by atoms with Gasteiger partial charge in [-0.15, -0.1) is 10.2 Å². The summed E-state index contributed by atoms with van der Waals surface area (Å²) in [7, 11) is 0. The maximum Gasteiger partial charge on any atom is 0.406 e. The van der Waals surface area contributed by atoms with Crippen LogP contribution < -0.4 is 10.5 Å². The Morgan fingerprint density at radius 3 is 2.58 bits per heavy atom. The molecule has 0 unspecified atom stereocenters. The van der Waals surface area contributed by atoms with Crippen LogP contribution in [-0.4, -0.2) is 49.3 Å². The van der Waals surface area contributed by atoms with Crippen LogP contribution in [0.15, 0.2) is 35.4 Å². The maximum absolute atomic E-state index is 15.3. The molecule has 2 bridgehead atoms. The molecule has 2 heterocycles. The summed E-state index contributed by atoms with van der Waals surface area (Å²) in [4.78, 5) is 18.5. The van der Waals surface area contributed by atoms with Gasteiger partial charge in [0, 0.05) is 11.6 Å². The first kappa shape index (κ1) is 23.2. The number of benzene rings is 1. The summed E-state index contributed by atoms with van der Waals surface area (Å²) >= 11 is 0. The SMILES string of the molecule is O=c1c2cc(O)c(-c3ccc(N(C4CC4)[C@H]4C[C@@H]5CC[C@@H](C5)[C@H]4F)nn3)cc2ncn1CC(F)(F)F. The van der Waals surface area contributed by atoms with Gasteiger partial charge < -0.3 is 10.0 Å². The van der Waals surface area contributed by atoms with Crippen molar-refractivity contribution >= 4 is 16.7 Å². The second-order valence-corrected chi connectivity index (χ2v) is 10.3. The lowest BCUT2D eigenvalue weighted by atomic mass is 9.83. The fraction of sp³-hybridized carbons (Fsp3) is 0.520. The van der Waals surface area contributed by atoms with E-state index in [1.165, 1.54) is 6.07 Å². The van der Waals surface area contributed by atoms with Crippen molar-refractivity contribution in [2.75, 3.05) is 4.90 Å². The van der Waals surface area contributed by atoms with E-state index in [2.05, 4.69) is 20.1 Å². The predicted molar refractivity (Wildman–Crippen MR) is 124 cm³/mol. The average Bonchev–Trinajstić information content (AvgIpc) is 3.58. The van der Waals surface area contributed by atoms with E-state index in [1.54, 1.807) is 12.1 Å². The Morgan fingerprint density at radius 2 is 1.89 bits per heavy atom. The summed E-state index contributed by atoms with van der Waals surface area (Å²) in [5.74, 6) is 0.955. The number of phenols is 1. The first-order valence-electron chi connectivity index (χ1n) is 12.2. The normalized spacial score (nSPS) is 25.9. The molecule has 3 aliphatic carbocycles. The van der Waals surface area contributed by atoms with Crippen molar-refractivity contribution in [3.8, 4) is 17.0 Å². The highest BCUT2D eigenvalue weighted by Crippen LogP contribution is 2.48. The first-order chi connectivity index (χ1) is 17.2. The van der Waals surface area contributed by atoms with Crippen LogP contribution >= 0.6 is 0 Å². The van der Waals surface area contributed by atoms with E-state index in [9.17, 15) is 23.1 Å². The van der Waals surface area contributed by atoms with Gasteiger partial charge >= 0.3 is 6.18 Å². The van der Waals surface area contributed by atoms with Gasteiger partial charge in [0.15, 0.2) is 5.82 Å². The molecule has 3 aliphatic rings. The summed E-state index contributed by atoms with van der Waals surface area (Å²) in [6.07, 6.45) is 1.18. The lowest BCUT2D eigenvalue weighted by Crippen LogP contribution is -2.49. The Labute approximate surface area is 203 Å². The van der Waals surface area contributed by atoms with Gasteiger partial charge in [-0.1, -0.05) is 0 Å². The highest BCUT2D eigenvalue weighted by atomic mass is 19.4. The molecule has 1 aromatic carbocycles. The third-order valence-electron chi connectivity index (χ3n) is 7.75. The molecular weight excluding hydrogens is 478 g/mol. The van der Waals surface area contributed by atoms with Crippen molar-refractivity contribution < 1.29 is 22.7 Å². The van der Waals surface area contributed by atoms with Gasteiger partial charge in [-0.2, -0.15) is 13.2 Å². The molecule has 3 aromatic rings. The van der Waals surface area contributed by atoms with Gasteiger partial charge in [0.2, 0.25) is 0 Å². The Morgan fingerprint density at radius 1 is 1.08 bits per heavy atom. The van der Waals surface area contributed by atoms with Crippen molar-refractivity contribution in [1.82, 2.24) is 19.7 Å². The van der Waals surface area contributed by atoms with Gasteiger partial charge in [0.25, 0.3) is 5.56 Å². The molecule has 0 spiro atoms. The third-order valence-corrected chi connectivity index (χ3v) is 7.75. The van der Waals surface area contributed by atoms with Crippen LogP contribution in [0.3, 0.4) is 0 Å². The number of rotatable bonds is 5. The van der Waals surface area contributed by atoms with Gasteiger partial charge in [-0.05, 0) is 74.6 Å². The molecule has 2 aromatic heterocycles. The second kappa shape index (κ2) is 8.41. The van der Waals surface area contributed by atoms with Crippen molar-refractivity contribution in [2.45, 2.75) is 69.5 Å². The molecule has 1 N–H and O–H groups in total. The molecule has 4 atom stereocenters. The van der Waals surface area contributed by atoms with E-state index in [0.29, 0.717) is 22.0 Å². The number of anilines is 1. The molecule has 3 saturated carbocycles. The second-order valence-electron chi connectivity index (χ2n) is 10.3. The van der Waals surface area contributed by atoms with Crippen molar-refractivity contribution in [3.63, 3.8) is 0 Å². The molecule has 6 rings (SSSR count). The van der Waals surface area contributed by atoms with Crippen LogP contribution in [0.25, 0.3) is 22.2 Å². The van der Waals surface area contributed by atoms with E-state index < -0.39 is 24.5 Å². The topological polar surface area (TPSA) is 84.1 Å². The fourth-order valence-electron chi connectivity index (χ4n) is 5.96. The van der Waals surface area contributed by atoms with E-state index >= 15 is 4.39 Å². The van der Waals surface area contributed by atoms with E-state index in [4.69, 9.17) is 0 Å². The Hall–Kier alpha value is -3.24. The van der Waals surface area contributed by atoms with Crippen LogP contribution in [0, 0.1) is 11.8 Å². The van der Waals surface area contributed by atoms with Crippen LogP contribution in [0.1, 0.15) is 38.5 Å². The highest BCUT2D eigenvalue weighted by Gasteiger charge is 2.48. The number of hydrogen-bond acceptors (Lipinski definition) is 6. The molecule has 0 aliphatic heterocycles. The van der Waals surface area contributed by atoms with E-state index in [0.717, 1.165) is 50.9 Å². The molecule has 0 saturated heterocycles. The summed E-state index contributed by atoms with van der Waals surface area (Å²) in [6, 6.07) is 5.99. The van der Waals surface area contributed by atoms with Gasteiger partial charge in [0.05, 0.1) is 29.0 Å². The van der Waals surface area contributed by atoms with Gasteiger partial charge in [-0.3, -0.25) is 9.36 Å². The zero-order valence-corrected chi connectivity index (χ0v) is 19.3. The molecule has 0 amide bonds. The standard InChI is InChI=1S/C25H25F4N5O2/c26-23-14-2-1-13(7-14)8-20(23)34(15-3-4-15)22-6-5-18(31-32-22)16-9-19-17(10-21(16)35)24(36)33(12-30-19)11-25(27,28)29/h5-6,9-10,12-15,20,23,35H,1-4,7-8,11H2/t13-,14+,20+,23-/m1/s1. The number of halogens is 4. The minimum absolute atomic E-state index is 0.116. The molecule has 7 nitrogen and oxygen atoms in total. The molecule has 190 valence electrons. The monoisotopic (exact) mass is 503 g/mol. The lowest BCUT2D eigenvalue weighted by molar-refractivity contribution is -0.141. The van der Waals surface area contributed by atoms with Crippen LogP contribution in [0.5, 0.6) is 5.75 Å². The lowest BCUT2D eigenvalue weighted by Gasteiger charge is -2.40. The molecular formula is C25H25F4N5O2. The van der Waals surface area contributed by atoms with Crippen molar-refractivity contribution in [3.05, 3.63) is 40.9 Å². The zero-order valence-electron chi connectivity index (χ0n) is 19.3. The zero-order chi connectivity index (χ0) is 25.2. The molecule has 3 fully saturated rings. The molecule has 0 radical (unpaired) electrons. The third kappa shape index (κ3) is 4.18. The summed E-state index contributed by atoms with van der Waals surface area (Å²) in [5, 5.41) is 19.1. The minimum Gasteiger partial charge on any atom is -0.507 e. The van der Waals surface area contributed by atoms with Gasteiger partial charge in [0.1, 0.15) is 18.5 Å².